The van der Waals surface area contributed by atoms with E-state index in [0.717, 1.165) is 35.1 Å². The molecule has 0 bridgehead atoms. The fraction of sp³-hybridized carbons (Fsp3) is 0.515. The maximum atomic E-state index is 12.6. The van der Waals surface area contributed by atoms with E-state index in [1.54, 1.807) is 13.0 Å². The van der Waals surface area contributed by atoms with Crippen LogP contribution >= 0.6 is 0 Å². The average molecular weight is 522 g/mol. The second-order valence-electron chi connectivity index (χ2n) is 11.0. The molecule has 0 saturated carbocycles. The number of carboxylic acid groups (broad SMARTS) is 1. The van der Waals surface area contributed by atoms with Crippen LogP contribution in [0.15, 0.2) is 36.4 Å². The third-order valence-electron chi connectivity index (χ3n) is 7.63. The quantitative estimate of drug-likeness (QED) is 0.350. The van der Waals surface area contributed by atoms with E-state index in [0.29, 0.717) is 5.56 Å². The zero-order chi connectivity index (χ0) is 29.5. The van der Waals surface area contributed by atoms with E-state index in [4.69, 9.17) is 5.11 Å². The molecule has 0 aliphatic rings. The highest BCUT2D eigenvalue weighted by Crippen LogP contribution is 2.40. The van der Waals surface area contributed by atoms with Crippen molar-refractivity contribution in [2.24, 2.45) is 5.41 Å². The molecule has 2 aromatic carbocycles. The molecule has 0 heterocycles. The molecule has 0 aliphatic carbocycles. The summed E-state index contributed by atoms with van der Waals surface area (Å²) in [5.41, 5.74) is 3.78. The van der Waals surface area contributed by atoms with E-state index < -0.39 is 23.5 Å². The fourth-order valence-electron chi connectivity index (χ4n) is 4.26. The lowest BCUT2D eigenvalue weighted by atomic mass is 9.69. The van der Waals surface area contributed by atoms with Gasteiger partial charge < -0.3 is 15.5 Å². The summed E-state index contributed by atoms with van der Waals surface area (Å²) in [5, 5.41) is 22.4. The fourth-order valence-corrected chi connectivity index (χ4v) is 4.26. The van der Waals surface area contributed by atoms with E-state index in [9.17, 15) is 14.7 Å². The van der Waals surface area contributed by atoms with Crippen molar-refractivity contribution in [3.63, 3.8) is 0 Å². The van der Waals surface area contributed by atoms with Crippen molar-refractivity contribution >= 4 is 11.9 Å². The van der Waals surface area contributed by atoms with E-state index >= 15 is 0 Å². The maximum absolute atomic E-state index is 12.6. The molecule has 0 aliphatic heterocycles. The smallest absolute Gasteiger partial charge is 0.325 e. The minimum absolute atomic E-state index is 0.248. The van der Waals surface area contributed by atoms with E-state index in [-0.39, 0.29) is 10.8 Å². The summed E-state index contributed by atoms with van der Waals surface area (Å²) in [4.78, 5) is 23.7. The summed E-state index contributed by atoms with van der Waals surface area (Å²) in [6, 6.07) is 11.2. The van der Waals surface area contributed by atoms with Gasteiger partial charge in [0.15, 0.2) is 0 Å². The number of amides is 1. The molecule has 5 nitrogen and oxygen atoms in total. The summed E-state index contributed by atoms with van der Waals surface area (Å²) in [7, 11) is 0. The summed E-state index contributed by atoms with van der Waals surface area (Å²) in [6.45, 7) is 21.4. The molecule has 2 aromatic rings. The molecule has 0 saturated heterocycles. The highest BCUT2D eigenvalue weighted by atomic mass is 16.4. The van der Waals surface area contributed by atoms with Gasteiger partial charge in [0.2, 0.25) is 0 Å². The van der Waals surface area contributed by atoms with Crippen molar-refractivity contribution in [3.8, 4) is 11.8 Å². The normalized spacial score (nSPS) is 13.7. The second-order valence-corrected chi connectivity index (χ2v) is 11.0. The second kappa shape index (κ2) is 13.1. The van der Waals surface area contributed by atoms with Crippen LogP contribution in [0.4, 0.5) is 0 Å². The van der Waals surface area contributed by atoms with Crippen molar-refractivity contribution in [1.29, 1.82) is 0 Å². The van der Waals surface area contributed by atoms with Gasteiger partial charge in [-0.05, 0) is 74.9 Å². The summed E-state index contributed by atoms with van der Waals surface area (Å²) in [5.74, 6) is 4.77. The first-order chi connectivity index (χ1) is 17.6. The van der Waals surface area contributed by atoms with Gasteiger partial charge in [0.05, 0.1) is 0 Å². The summed E-state index contributed by atoms with van der Waals surface area (Å²) >= 11 is 0. The molecule has 0 aromatic heterocycles. The Morgan fingerprint density at radius 1 is 0.921 bits per heavy atom. The Bertz CT molecular complexity index is 1190. The molecule has 38 heavy (non-hydrogen) atoms. The van der Waals surface area contributed by atoms with Crippen LogP contribution in [0.25, 0.3) is 0 Å². The number of aliphatic hydroxyl groups is 1. The number of carboxylic acids is 1. The predicted octanol–water partition coefficient (Wildman–Crippen LogP) is 6.79. The van der Waals surface area contributed by atoms with Gasteiger partial charge in [0, 0.05) is 22.0 Å². The number of hydrogen-bond donors (Lipinski definition) is 3. The Balaban J connectivity index is 0.00000352. The number of benzene rings is 2. The van der Waals surface area contributed by atoms with Gasteiger partial charge in [0.1, 0.15) is 11.6 Å². The molecule has 2 atom stereocenters. The van der Waals surface area contributed by atoms with Crippen LogP contribution in [0.1, 0.15) is 113 Å². The van der Waals surface area contributed by atoms with Crippen molar-refractivity contribution < 1.29 is 19.8 Å². The highest BCUT2D eigenvalue weighted by molar-refractivity contribution is 5.97. The Hall–Kier alpha value is -3.10. The maximum Gasteiger partial charge on any atom is 0.325 e. The molecule has 5 heteroatoms. The lowest BCUT2D eigenvalue weighted by Gasteiger charge is -2.34. The molecule has 2 unspecified atom stereocenters. The average Bonchev–Trinajstić information content (AvgIpc) is 2.85. The van der Waals surface area contributed by atoms with Crippen molar-refractivity contribution in [1.82, 2.24) is 5.32 Å². The third-order valence-corrected chi connectivity index (χ3v) is 7.63. The standard InChI is InChI=1S/C31H41NO4.C2H6/c1-10-31(11-2,25-14-15-26(21(4)19-25)27(33)32-22(5)28(34)35)24-13-12-23(20(3)18-24)16-17-30(9,36)29(6,7)8;1-2/h12-15,18-19,22,36H,10-11H2,1-9H3,(H,32,33)(H,34,35);1-2H3. The Kier molecular flexibility index (Phi) is 11.4. The molecule has 1 amide bonds. The van der Waals surface area contributed by atoms with Crippen LogP contribution in [-0.2, 0) is 10.2 Å². The van der Waals surface area contributed by atoms with Crippen molar-refractivity contribution in [3.05, 3.63) is 69.8 Å². The van der Waals surface area contributed by atoms with E-state index in [1.165, 1.54) is 12.5 Å². The first-order valence-electron chi connectivity index (χ1n) is 13.6. The molecule has 208 valence electrons. The number of aryl methyl sites for hydroxylation is 2. The van der Waals surface area contributed by atoms with Gasteiger partial charge in [-0.15, -0.1) is 0 Å². The lowest BCUT2D eigenvalue weighted by Crippen LogP contribution is -2.38. The number of carbonyl (C=O) groups excluding carboxylic acids is 1. The monoisotopic (exact) mass is 521 g/mol. The number of hydrogen-bond acceptors (Lipinski definition) is 3. The van der Waals surface area contributed by atoms with Gasteiger partial charge in [-0.25, -0.2) is 0 Å². The summed E-state index contributed by atoms with van der Waals surface area (Å²) < 4.78 is 0. The molecule has 0 fully saturated rings. The van der Waals surface area contributed by atoms with Crippen LogP contribution in [-0.4, -0.2) is 33.7 Å². The van der Waals surface area contributed by atoms with Crippen LogP contribution in [0.3, 0.4) is 0 Å². The van der Waals surface area contributed by atoms with Gasteiger partial charge in [-0.2, -0.15) is 0 Å². The number of carbonyl (C=O) groups is 2. The van der Waals surface area contributed by atoms with Crippen molar-refractivity contribution in [2.75, 3.05) is 0 Å². The Morgan fingerprint density at radius 2 is 1.42 bits per heavy atom. The first kappa shape index (κ1) is 32.9. The van der Waals surface area contributed by atoms with Gasteiger partial charge >= 0.3 is 5.97 Å². The first-order valence-corrected chi connectivity index (χ1v) is 13.6. The molecule has 2 rings (SSSR count). The molecule has 0 radical (unpaired) electrons. The van der Waals surface area contributed by atoms with Gasteiger partial charge in [-0.1, -0.05) is 84.6 Å². The van der Waals surface area contributed by atoms with Crippen LogP contribution in [0.5, 0.6) is 0 Å². The number of rotatable bonds is 7. The van der Waals surface area contributed by atoms with Crippen LogP contribution in [0, 0.1) is 31.1 Å². The minimum atomic E-state index is -1.11. The zero-order valence-electron chi connectivity index (χ0n) is 25.2. The third kappa shape index (κ3) is 7.26. The zero-order valence-corrected chi connectivity index (χ0v) is 25.2. The lowest BCUT2D eigenvalue weighted by molar-refractivity contribution is -0.138. The number of nitrogens with one attached hydrogen (secondary N) is 1. The van der Waals surface area contributed by atoms with Crippen molar-refractivity contribution in [2.45, 2.75) is 106 Å². The molecular formula is C33H47NO4. The highest BCUT2D eigenvalue weighted by Gasteiger charge is 2.34. The largest absolute Gasteiger partial charge is 0.480 e. The Labute approximate surface area is 230 Å². The molecule has 3 N–H and O–H groups in total. The number of aliphatic carboxylic acids is 1. The molecule has 0 spiro atoms. The summed E-state index contributed by atoms with van der Waals surface area (Å²) in [6.07, 6.45) is 1.74. The van der Waals surface area contributed by atoms with E-state index in [1.807, 2.05) is 66.7 Å². The predicted molar refractivity (Wildman–Crippen MR) is 157 cm³/mol. The Morgan fingerprint density at radius 3 is 1.84 bits per heavy atom. The SMILES string of the molecule is CC.CCC(CC)(c1ccc(C#CC(C)(O)C(C)(C)C)c(C)c1)c1ccc(C(=O)NC(C)C(=O)O)c(C)c1. The minimum Gasteiger partial charge on any atom is -0.480 e. The van der Waals surface area contributed by atoms with E-state index in [2.05, 4.69) is 43.1 Å². The topological polar surface area (TPSA) is 86.6 Å². The van der Waals surface area contributed by atoms with Crippen LogP contribution < -0.4 is 5.32 Å². The molecular weight excluding hydrogens is 474 g/mol. The van der Waals surface area contributed by atoms with Gasteiger partial charge in [0.25, 0.3) is 5.91 Å². The van der Waals surface area contributed by atoms with Crippen LogP contribution in [0.2, 0.25) is 0 Å². The van der Waals surface area contributed by atoms with Gasteiger partial charge in [-0.3, -0.25) is 9.59 Å².